The zero-order valence-corrected chi connectivity index (χ0v) is 20.5. The Hall–Kier alpha value is -2.63. The first-order valence-corrected chi connectivity index (χ1v) is 12.8. The molecule has 0 radical (unpaired) electrons. The number of fused-ring (bicyclic) bond motifs is 1. The zero-order chi connectivity index (χ0) is 23.5. The summed E-state index contributed by atoms with van der Waals surface area (Å²) >= 11 is 3.47. The van der Waals surface area contributed by atoms with Gasteiger partial charge in [-0.3, -0.25) is 10.1 Å². The van der Waals surface area contributed by atoms with Gasteiger partial charge in [0.1, 0.15) is 11.5 Å². The first-order valence-electron chi connectivity index (χ1n) is 10.7. The van der Waals surface area contributed by atoms with Crippen molar-refractivity contribution in [3.05, 3.63) is 70.3 Å². The number of aromatic nitrogens is 2. The van der Waals surface area contributed by atoms with E-state index in [0.717, 1.165) is 63.9 Å². The number of aromatic amines is 1. The highest BCUT2D eigenvalue weighted by molar-refractivity contribution is 7.99. The van der Waals surface area contributed by atoms with Gasteiger partial charge in [0.15, 0.2) is 5.82 Å². The molecule has 3 aromatic rings. The molecule has 0 fully saturated rings. The third-order valence-corrected chi connectivity index (χ3v) is 6.59. The number of hydrogen-bond donors (Lipinski definition) is 3. The summed E-state index contributed by atoms with van der Waals surface area (Å²) in [6.45, 7) is 2.06. The minimum absolute atomic E-state index is 0.439. The van der Waals surface area contributed by atoms with E-state index in [1.165, 1.54) is 0 Å². The van der Waals surface area contributed by atoms with E-state index in [1.807, 2.05) is 32.3 Å². The number of nitro groups is 1. The van der Waals surface area contributed by atoms with Crippen LogP contribution in [0.5, 0.6) is 0 Å². The summed E-state index contributed by atoms with van der Waals surface area (Å²) in [5, 5.41) is 17.2. The molecule has 0 spiro atoms. The lowest BCUT2D eigenvalue weighted by Crippen LogP contribution is -2.29. The molecule has 0 amide bonds. The van der Waals surface area contributed by atoms with Crippen molar-refractivity contribution in [1.82, 2.24) is 25.5 Å². The SMILES string of the molecule is CN(C)Cc1ccc(CSCCNC(=C[N+](=O)[O-])NCCCSc2ccc3[nH]cnc3c2)o1. The summed E-state index contributed by atoms with van der Waals surface area (Å²) in [6, 6.07) is 10.2. The minimum atomic E-state index is -0.439. The summed E-state index contributed by atoms with van der Waals surface area (Å²) in [5.74, 6) is 4.83. The standard InChI is InChI=1S/C22H30N6O3S2/c1-27(2)13-17-4-5-18(31-17)15-32-11-9-24-22(14-28(29)30)23-8-3-10-33-19-6-7-20-21(12-19)26-16-25-20/h4-7,12,14,16,23-24H,3,8-11,13,15H2,1-2H3,(H,25,26). The van der Waals surface area contributed by atoms with Crippen LogP contribution < -0.4 is 10.6 Å². The van der Waals surface area contributed by atoms with Crippen molar-refractivity contribution in [2.24, 2.45) is 0 Å². The molecule has 9 nitrogen and oxygen atoms in total. The van der Waals surface area contributed by atoms with Gasteiger partial charge in [-0.05, 0) is 56.6 Å². The number of hydrogen-bond acceptors (Lipinski definition) is 9. The van der Waals surface area contributed by atoms with E-state index in [9.17, 15) is 10.1 Å². The molecule has 3 N–H and O–H groups in total. The predicted molar refractivity (Wildman–Crippen MR) is 135 cm³/mol. The Morgan fingerprint density at radius 3 is 2.85 bits per heavy atom. The molecule has 0 atom stereocenters. The van der Waals surface area contributed by atoms with Crippen LogP contribution in [0.2, 0.25) is 0 Å². The second-order valence-electron chi connectivity index (χ2n) is 7.62. The van der Waals surface area contributed by atoms with E-state index in [0.29, 0.717) is 18.9 Å². The maximum absolute atomic E-state index is 10.9. The van der Waals surface area contributed by atoms with Gasteiger partial charge >= 0.3 is 0 Å². The summed E-state index contributed by atoms with van der Waals surface area (Å²) in [4.78, 5) is 21.1. The molecule has 0 aliphatic rings. The largest absolute Gasteiger partial charge is 0.464 e. The molecule has 0 saturated heterocycles. The highest BCUT2D eigenvalue weighted by Gasteiger charge is 2.05. The van der Waals surface area contributed by atoms with Crippen LogP contribution in [0.25, 0.3) is 11.0 Å². The Labute approximate surface area is 201 Å². The number of thioether (sulfide) groups is 2. The van der Waals surface area contributed by atoms with Crippen LogP contribution in [-0.2, 0) is 12.3 Å². The quantitative estimate of drug-likeness (QED) is 0.126. The van der Waals surface area contributed by atoms with Gasteiger partial charge in [0.2, 0.25) is 0 Å². The maximum atomic E-state index is 10.9. The lowest BCUT2D eigenvalue weighted by atomic mass is 10.3. The van der Waals surface area contributed by atoms with Crippen LogP contribution in [0.15, 0.2) is 58.0 Å². The summed E-state index contributed by atoms with van der Waals surface area (Å²) < 4.78 is 5.80. The van der Waals surface area contributed by atoms with Gasteiger partial charge in [0.05, 0.1) is 34.6 Å². The van der Waals surface area contributed by atoms with Gasteiger partial charge in [0, 0.05) is 23.7 Å². The fraction of sp³-hybridized carbons (Fsp3) is 0.409. The molecule has 2 aromatic heterocycles. The molecular formula is C22H30N6O3S2. The van der Waals surface area contributed by atoms with Gasteiger partial charge < -0.3 is 24.9 Å². The molecule has 33 heavy (non-hydrogen) atoms. The van der Waals surface area contributed by atoms with Crippen LogP contribution in [0.3, 0.4) is 0 Å². The highest BCUT2D eigenvalue weighted by Crippen LogP contribution is 2.22. The van der Waals surface area contributed by atoms with Crippen molar-refractivity contribution < 1.29 is 9.34 Å². The average molecular weight is 491 g/mol. The van der Waals surface area contributed by atoms with Crippen molar-refractivity contribution in [3.63, 3.8) is 0 Å². The Bertz CT molecular complexity index is 1050. The molecule has 11 heteroatoms. The number of nitrogens with one attached hydrogen (secondary N) is 3. The van der Waals surface area contributed by atoms with Crippen LogP contribution in [0, 0.1) is 10.1 Å². The second kappa shape index (κ2) is 13.2. The van der Waals surface area contributed by atoms with Crippen LogP contribution >= 0.6 is 23.5 Å². The van der Waals surface area contributed by atoms with Gasteiger partial charge in [-0.15, -0.1) is 11.8 Å². The lowest BCUT2D eigenvalue weighted by Gasteiger charge is -2.11. The van der Waals surface area contributed by atoms with E-state index < -0.39 is 4.92 Å². The van der Waals surface area contributed by atoms with Gasteiger partial charge in [-0.25, -0.2) is 4.98 Å². The van der Waals surface area contributed by atoms with Crippen LogP contribution in [0.1, 0.15) is 17.9 Å². The summed E-state index contributed by atoms with van der Waals surface area (Å²) in [6.07, 6.45) is 3.56. The Morgan fingerprint density at radius 2 is 2.03 bits per heavy atom. The third kappa shape index (κ3) is 9.03. The van der Waals surface area contributed by atoms with Crippen LogP contribution in [-0.4, -0.2) is 58.5 Å². The predicted octanol–water partition coefficient (Wildman–Crippen LogP) is 3.89. The fourth-order valence-electron chi connectivity index (χ4n) is 3.07. The van der Waals surface area contributed by atoms with E-state index >= 15 is 0 Å². The topological polar surface area (TPSA) is 112 Å². The van der Waals surface area contributed by atoms with E-state index in [4.69, 9.17) is 4.42 Å². The first kappa shape index (κ1) is 25.0. The molecule has 3 rings (SSSR count). The molecule has 0 saturated carbocycles. The smallest absolute Gasteiger partial charge is 0.274 e. The minimum Gasteiger partial charge on any atom is -0.464 e. The van der Waals surface area contributed by atoms with E-state index in [2.05, 4.69) is 37.6 Å². The zero-order valence-electron chi connectivity index (χ0n) is 18.9. The monoisotopic (exact) mass is 490 g/mol. The van der Waals surface area contributed by atoms with Crippen molar-refractivity contribution in [2.45, 2.75) is 23.6 Å². The number of furan rings is 1. The number of imidazole rings is 1. The highest BCUT2D eigenvalue weighted by atomic mass is 32.2. The third-order valence-electron chi connectivity index (χ3n) is 4.53. The molecule has 0 aliphatic heterocycles. The van der Waals surface area contributed by atoms with Crippen molar-refractivity contribution >= 4 is 34.6 Å². The van der Waals surface area contributed by atoms with Gasteiger partial charge in [-0.1, -0.05) is 0 Å². The van der Waals surface area contributed by atoms with Crippen molar-refractivity contribution in [1.29, 1.82) is 0 Å². The number of benzene rings is 1. The molecule has 0 unspecified atom stereocenters. The van der Waals surface area contributed by atoms with Gasteiger partial charge in [-0.2, -0.15) is 11.8 Å². The normalized spacial score (nSPS) is 11.9. The number of nitrogens with zero attached hydrogens (tertiary/aromatic N) is 3. The Kier molecular flexibility index (Phi) is 9.98. The molecule has 0 aliphatic carbocycles. The molecule has 0 bridgehead atoms. The first-order chi connectivity index (χ1) is 16.0. The molecule has 178 valence electrons. The van der Waals surface area contributed by atoms with Crippen LogP contribution in [0.4, 0.5) is 0 Å². The Balaban J connectivity index is 1.31. The fourth-order valence-corrected chi connectivity index (χ4v) is 4.70. The second-order valence-corrected chi connectivity index (χ2v) is 9.90. The summed E-state index contributed by atoms with van der Waals surface area (Å²) in [5.41, 5.74) is 1.98. The van der Waals surface area contributed by atoms with E-state index in [1.54, 1.807) is 29.9 Å². The van der Waals surface area contributed by atoms with Crippen molar-refractivity contribution in [3.8, 4) is 0 Å². The molecular weight excluding hydrogens is 460 g/mol. The molecule has 1 aromatic carbocycles. The maximum Gasteiger partial charge on any atom is 0.274 e. The molecule has 2 heterocycles. The Morgan fingerprint density at radius 1 is 1.21 bits per heavy atom. The van der Waals surface area contributed by atoms with Gasteiger partial charge in [0.25, 0.3) is 6.20 Å². The van der Waals surface area contributed by atoms with E-state index in [-0.39, 0.29) is 0 Å². The summed E-state index contributed by atoms with van der Waals surface area (Å²) in [7, 11) is 4.01. The van der Waals surface area contributed by atoms with Crippen molar-refractivity contribution in [2.75, 3.05) is 38.7 Å². The number of rotatable bonds is 15. The number of H-pyrrole nitrogens is 1. The lowest BCUT2D eigenvalue weighted by molar-refractivity contribution is -0.404. The average Bonchev–Trinajstić information content (AvgIpc) is 3.41.